The summed E-state index contributed by atoms with van der Waals surface area (Å²) in [5.41, 5.74) is 1.07. The molecule has 2 heterocycles. The predicted molar refractivity (Wildman–Crippen MR) is 72.0 cm³/mol. The predicted octanol–water partition coefficient (Wildman–Crippen LogP) is 2.37. The van der Waals surface area contributed by atoms with Crippen LogP contribution in [-0.4, -0.2) is 35.0 Å². The third kappa shape index (κ3) is 3.78. The molecule has 0 spiro atoms. The lowest BCUT2D eigenvalue weighted by atomic mass is 10.1. The number of likely N-dealkylation sites (tertiary alicyclic amines) is 1. The molecule has 5 heteroatoms. The van der Waals surface area contributed by atoms with Crippen molar-refractivity contribution in [2.24, 2.45) is 0 Å². The zero-order chi connectivity index (χ0) is 13.0. The maximum atomic E-state index is 11.2. The van der Waals surface area contributed by atoms with Gasteiger partial charge in [0.2, 0.25) is 5.91 Å². The van der Waals surface area contributed by atoms with Gasteiger partial charge in [0.1, 0.15) is 0 Å². The minimum atomic E-state index is 0.157. The van der Waals surface area contributed by atoms with Crippen LogP contribution in [0.2, 0.25) is 0 Å². The molecule has 18 heavy (non-hydrogen) atoms. The third-order valence-corrected chi connectivity index (χ3v) is 3.57. The lowest BCUT2D eigenvalue weighted by molar-refractivity contribution is -0.131. The van der Waals surface area contributed by atoms with E-state index in [1.165, 1.54) is 0 Å². The van der Waals surface area contributed by atoms with Gasteiger partial charge < -0.3 is 9.64 Å². The molecule has 1 saturated heterocycles. The molecule has 1 aliphatic rings. The second-order valence-electron chi connectivity index (χ2n) is 4.53. The van der Waals surface area contributed by atoms with Crippen LogP contribution in [-0.2, 0) is 16.1 Å². The van der Waals surface area contributed by atoms with Gasteiger partial charge in [-0.25, -0.2) is 0 Å². The zero-order valence-corrected chi connectivity index (χ0v) is 12.0. The Morgan fingerprint density at radius 1 is 1.50 bits per heavy atom. The van der Waals surface area contributed by atoms with Crippen molar-refractivity contribution in [3.63, 3.8) is 0 Å². The van der Waals surface area contributed by atoms with Crippen LogP contribution in [0.25, 0.3) is 0 Å². The molecule has 1 aromatic heterocycles. The van der Waals surface area contributed by atoms with Crippen LogP contribution >= 0.6 is 15.9 Å². The third-order valence-electron chi connectivity index (χ3n) is 3.13. The summed E-state index contributed by atoms with van der Waals surface area (Å²) in [4.78, 5) is 17.2. The van der Waals surface area contributed by atoms with E-state index in [1.54, 1.807) is 13.1 Å². The van der Waals surface area contributed by atoms with Crippen LogP contribution in [0.5, 0.6) is 0 Å². The van der Waals surface area contributed by atoms with E-state index >= 15 is 0 Å². The van der Waals surface area contributed by atoms with Crippen molar-refractivity contribution in [3.8, 4) is 0 Å². The van der Waals surface area contributed by atoms with Gasteiger partial charge in [-0.05, 0) is 40.4 Å². The molecule has 0 bridgehead atoms. The van der Waals surface area contributed by atoms with E-state index in [0.29, 0.717) is 6.61 Å². The zero-order valence-electron chi connectivity index (χ0n) is 10.4. The highest BCUT2D eigenvalue weighted by molar-refractivity contribution is 9.10. The van der Waals surface area contributed by atoms with E-state index in [4.69, 9.17) is 4.74 Å². The molecule has 0 unspecified atom stereocenters. The van der Waals surface area contributed by atoms with Crippen LogP contribution in [0, 0.1) is 0 Å². The number of nitrogens with zero attached hydrogens (tertiary/aromatic N) is 2. The first-order valence-corrected chi connectivity index (χ1v) is 6.91. The van der Waals surface area contributed by atoms with Crippen LogP contribution in [0.4, 0.5) is 0 Å². The fraction of sp³-hybridized carbons (Fsp3) is 0.538. The Balaban J connectivity index is 1.77. The highest BCUT2D eigenvalue weighted by Gasteiger charge is 2.20. The fourth-order valence-electron chi connectivity index (χ4n) is 2.09. The van der Waals surface area contributed by atoms with E-state index in [9.17, 15) is 4.79 Å². The highest BCUT2D eigenvalue weighted by atomic mass is 79.9. The normalized spacial score (nSPS) is 16.9. The highest BCUT2D eigenvalue weighted by Crippen LogP contribution is 2.16. The lowest BCUT2D eigenvalue weighted by Gasteiger charge is -2.31. The van der Waals surface area contributed by atoms with E-state index in [1.807, 2.05) is 17.2 Å². The Hall–Kier alpha value is -0.940. The van der Waals surface area contributed by atoms with Crippen molar-refractivity contribution in [2.75, 3.05) is 13.1 Å². The average molecular weight is 313 g/mol. The monoisotopic (exact) mass is 312 g/mol. The van der Waals surface area contributed by atoms with Crippen molar-refractivity contribution < 1.29 is 9.53 Å². The number of pyridine rings is 1. The van der Waals surface area contributed by atoms with Crippen molar-refractivity contribution in [3.05, 3.63) is 28.5 Å². The van der Waals surface area contributed by atoms with Crippen molar-refractivity contribution in [1.29, 1.82) is 0 Å². The summed E-state index contributed by atoms with van der Waals surface area (Å²) in [6.07, 6.45) is 5.66. The summed E-state index contributed by atoms with van der Waals surface area (Å²) in [6, 6.07) is 2.01. The maximum absolute atomic E-state index is 11.2. The first-order valence-electron chi connectivity index (χ1n) is 6.11. The Kier molecular flexibility index (Phi) is 4.72. The van der Waals surface area contributed by atoms with Gasteiger partial charge in [0.25, 0.3) is 0 Å². The summed E-state index contributed by atoms with van der Waals surface area (Å²) >= 11 is 3.39. The van der Waals surface area contributed by atoms with Gasteiger partial charge in [-0.15, -0.1) is 0 Å². The first-order chi connectivity index (χ1) is 8.65. The largest absolute Gasteiger partial charge is 0.373 e. The van der Waals surface area contributed by atoms with Crippen LogP contribution in [0.3, 0.4) is 0 Å². The summed E-state index contributed by atoms with van der Waals surface area (Å²) in [7, 11) is 0. The fourth-order valence-corrected chi connectivity index (χ4v) is 2.50. The topological polar surface area (TPSA) is 42.4 Å². The molecule has 98 valence electrons. The molecule has 0 radical (unpaired) electrons. The van der Waals surface area contributed by atoms with Gasteiger partial charge in [0, 0.05) is 36.9 Å². The molecule has 1 aromatic rings. The second-order valence-corrected chi connectivity index (χ2v) is 5.44. The molecular formula is C13H17BrN2O2. The van der Waals surface area contributed by atoms with Gasteiger partial charge in [-0.1, -0.05) is 0 Å². The number of hydrogen-bond acceptors (Lipinski definition) is 3. The Morgan fingerprint density at radius 2 is 2.22 bits per heavy atom. The smallest absolute Gasteiger partial charge is 0.219 e. The number of hydrogen-bond donors (Lipinski definition) is 0. The van der Waals surface area contributed by atoms with Gasteiger partial charge in [0.05, 0.1) is 12.7 Å². The molecule has 0 N–H and O–H groups in total. The molecule has 0 aromatic carbocycles. The molecule has 2 rings (SSSR count). The molecule has 0 aliphatic carbocycles. The number of amides is 1. The minimum Gasteiger partial charge on any atom is -0.373 e. The first kappa shape index (κ1) is 13.5. The van der Waals surface area contributed by atoms with Gasteiger partial charge in [0.15, 0.2) is 0 Å². The van der Waals surface area contributed by atoms with Crippen molar-refractivity contribution >= 4 is 21.8 Å². The number of carbonyl (C=O) groups is 1. The number of ether oxygens (including phenoxy) is 1. The molecule has 0 atom stereocenters. The van der Waals surface area contributed by atoms with Gasteiger partial charge in [-0.2, -0.15) is 0 Å². The number of rotatable bonds is 3. The average Bonchev–Trinajstić information content (AvgIpc) is 2.37. The quantitative estimate of drug-likeness (QED) is 0.860. The van der Waals surface area contributed by atoms with Crippen molar-refractivity contribution in [2.45, 2.75) is 32.5 Å². The number of carbonyl (C=O) groups excluding carboxylic acids is 1. The molecule has 4 nitrogen and oxygen atoms in total. The van der Waals surface area contributed by atoms with E-state index in [2.05, 4.69) is 20.9 Å². The Morgan fingerprint density at radius 3 is 2.83 bits per heavy atom. The summed E-state index contributed by atoms with van der Waals surface area (Å²) < 4.78 is 6.82. The van der Waals surface area contributed by atoms with Crippen LogP contribution < -0.4 is 0 Å². The molecule has 1 aliphatic heterocycles. The number of aromatic nitrogens is 1. The summed E-state index contributed by atoms with van der Waals surface area (Å²) in [5.74, 6) is 0.157. The summed E-state index contributed by atoms with van der Waals surface area (Å²) in [6.45, 7) is 3.80. The van der Waals surface area contributed by atoms with Crippen molar-refractivity contribution in [1.82, 2.24) is 9.88 Å². The van der Waals surface area contributed by atoms with Gasteiger partial charge >= 0.3 is 0 Å². The van der Waals surface area contributed by atoms with Crippen LogP contribution in [0.1, 0.15) is 25.3 Å². The van der Waals surface area contributed by atoms with E-state index in [0.717, 1.165) is 36.0 Å². The minimum absolute atomic E-state index is 0.157. The lowest BCUT2D eigenvalue weighted by Crippen LogP contribution is -2.39. The van der Waals surface area contributed by atoms with Crippen LogP contribution in [0.15, 0.2) is 22.9 Å². The molecule has 0 saturated carbocycles. The molecular weight excluding hydrogens is 296 g/mol. The maximum Gasteiger partial charge on any atom is 0.219 e. The van der Waals surface area contributed by atoms with E-state index in [-0.39, 0.29) is 12.0 Å². The Labute approximate surface area is 115 Å². The van der Waals surface area contributed by atoms with E-state index < -0.39 is 0 Å². The number of halogens is 1. The molecule has 1 fully saturated rings. The SMILES string of the molecule is CC(=O)N1CCC(OCc2cncc(Br)c2)CC1. The van der Waals surface area contributed by atoms with Gasteiger partial charge in [-0.3, -0.25) is 9.78 Å². The second kappa shape index (κ2) is 6.29. The molecule has 1 amide bonds. The Bertz CT molecular complexity index is 417. The standard InChI is InChI=1S/C13H17BrN2O2/c1-10(17)16-4-2-13(3-5-16)18-9-11-6-12(14)8-15-7-11/h6-8,13H,2-5,9H2,1H3. The summed E-state index contributed by atoms with van der Waals surface area (Å²) in [5, 5.41) is 0. The number of piperidine rings is 1.